The Bertz CT molecular complexity index is 755. The van der Waals surface area contributed by atoms with Crippen LogP contribution in [0.5, 0.6) is 5.75 Å². The monoisotopic (exact) mass is 293 g/mol. The van der Waals surface area contributed by atoms with Crippen LogP contribution in [0.25, 0.3) is 22.2 Å². The maximum Gasteiger partial charge on any atom is 0.155 e. The van der Waals surface area contributed by atoms with E-state index in [0.29, 0.717) is 15.8 Å². The highest BCUT2D eigenvalue weighted by molar-refractivity contribution is 6.36. The van der Waals surface area contributed by atoms with E-state index in [0.717, 1.165) is 22.2 Å². The summed E-state index contributed by atoms with van der Waals surface area (Å²) in [7, 11) is 1.55. The molecule has 0 unspecified atom stereocenters. The SMILES string of the molecule is COc1cc(Cl)c(-c2cnc3[nH]ncc3c2)cc1Cl. The molecule has 0 radical (unpaired) electrons. The first-order chi connectivity index (χ1) is 9.19. The smallest absolute Gasteiger partial charge is 0.155 e. The van der Waals surface area contributed by atoms with E-state index < -0.39 is 0 Å². The zero-order valence-corrected chi connectivity index (χ0v) is 11.5. The van der Waals surface area contributed by atoms with Gasteiger partial charge in [0.1, 0.15) is 5.75 Å². The summed E-state index contributed by atoms with van der Waals surface area (Å²) in [5.41, 5.74) is 2.42. The molecule has 0 atom stereocenters. The van der Waals surface area contributed by atoms with Crippen molar-refractivity contribution in [3.05, 3.63) is 40.6 Å². The zero-order chi connectivity index (χ0) is 13.4. The van der Waals surface area contributed by atoms with Crippen molar-refractivity contribution in [1.82, 2.24) is 15.2 Å². The summed E-state index contributed by atoms with van der Waals surface area (Å²) in [5, 5.41) is 8.73. The van der Waals surface area contributed by atoms with Crippen LogP contribution in [0.15, 0.2) is 30.6 Å². The Hall–Kier alpha value is -1.78. The fraction of sp³-hybridized carbons (Fsp3) is 0.0769. The lowest BCUT2D eigenvalue weighted by Gasteiger charge is -2.09. The van der Waals surface area contributed by atoms with Crippen LogP contribution in [0.3, 0.4) is 0 Å². The molecule has 19 heavy (non-hydrogen) atoms. The van der Waals surface area contributed by atoms with Gasteiger partial charge in [0.2, 0.25) is 0 Å². The third kappa shape index (κ3) is 2.13. The molecule has 0 saturated heterocycles. The van der Waals surface area contributed by atoms with Gasteiger partial charge in [0.05, 0.1) is 23.4 Å². The van der Waals surface area contributed by atoms with Crippen molar-refractivity contribution in [3.8, 4) is 16.9 Å². The quantitative estimate of drug-likeness (QED) is 0.778. The minimum atomic E-state index is 0.509. The van der Waals surface area contributed by atoms with Gasteiger partial charge >= 0.3 is 0 Å². The van der Waals surface area contributed by atoms with Gasteiger partial charge in [-0.25, -0.2) is 4.98 Å². The van der Waals surface area contributed by atoms with Crippen molar-refractivity contribution in [2.45, 2.75) is 0 Å². The second-order valence-electron chi connectivity index (χ2n) is 4.00. The van der Waals surface area contributed by atoms with Crippen molar-refractivity contribution in [2.75, 3.05) is 7.11 Å². The molecule has 0 fully saturated rings. The Morgan fingerprint density at radius 1 is 1.11 bits per heavy atom. The zero-order valence-electron chi connectivity index (χ0n) is 9.95. The van der Waals surface area contributed by atoms with Crippen LogP contribution >= 0.6 is 23.2 Å². The van der Waals surface area contributed by atoms with Gasteiger partial charge in [-0.3, -0.25) is 5.10 Å². The highest BCUT2D eigenvalue weighted by atomic mass is 35.5. The minimum Gasteiger partial charge on any atom is -0.495 e. The summed E-state index contributed by atoms with van der Waals surface area (Å²) in [6, 6.07) is 5.42. The first-order valence-corrected chi connectivity index (χ1v) is 6.27. The number of hydrogen-bond acceptors (Lipinski definition) is 3. The van der Waals surface area contributed by atoms with E-state index in [2.05, 4.69) is 15.2 Å². The fourth-order valence-corrected chi connectivity index (χ4v) is 2.39. The van der Waals surface area contributed by atoms with Gasteiger partial charge in [0.15, 0.2) is 5.65 Å². The van der Waals surface area contributed by atoms with Gasteiger partial charge in [0, 0.05) is 28.8 Å². The summed E-state index contributed by atoms with van der Waals surface area (Å²) in [6.07, 6.45) is 3.44. The maximum atomic E-state index is 6.25. The Labute approximate surface area is 119 Å². The number of fused-ring (bicyclic) bond motifs is 1. The molecule has 0 spiro atoms. The Balaban J connectivity index is 2.17. The largest absolute Gasteiger partial charge is 0.495 e. The molecule has 3 rings (SSSR count). The molecule has 1 aromatic carbocycles. The average molecular weight is 294 g/mol. The fourth-order valence-electron chi connectivity index (χ4n) is 1.89. The van der Waals surface area contributed by atoms with Crippen LogP contribution in [-0.2, 0) is 0 Å². The number of nitrogens with zero attached hydrogens (tertiary/aromatic N) is 2. The summed E-state index contributed by atoms with van der Waals surface area (Å²) >= 11 is 12.4. The van der Waals surface area contributed by atoms with E-state index in [4.69, 9.17) is 27.9 Å². The molecule has 3 aromatic rings. The minimum absolute atomic E-state index is 0.509. The third-order valence-corrected chi connectivity index (χ3v) is 3.45. The number of halogens is 2. The number of nitrogens with one attached hydrogen (secondary N) is 1. The number of aromatic nitrogens is 3. The molecule has 0 aliphatic rings. The second-order valence-corrected chi connectivity index (χ2v) is 4.81. The van der Waals surface area contributed by atoms with Crippen LogP contribution in [0, 0.1) is 0 Å². The number of aromatic amines is 1. The first kappa shape index (κ1) is 12.3. The van der Waals surface area contributed by atoms with Crippen molar-refractivity contribution in [3.63, 3.8) is 0 Å². The summed E-state index contributed by atoms with van der Waals surface area (Å²) in [6.45, 7) is 0. The number of rotatable bonds is 2. The first-order valence-electron chi connectivity index (χ1n) is 5.51. The van der Waals surface area contributed by atoms with E-state index in [1.807, 2.05) is 6.07 Å². The predicted octanol–water partition coefficient (Wildman–Crippen LogP) is 3.94. The Morgan fingerprint density at radius 3 is 2.74 bits per heavy atom. The normalized spacial score (nSPS) is 10.9. The number of hydrogen-bond donors (Lipinski definition) is 1. The van der Waals surface area contributed by atoms with Gasteiger partial charge in [-0.1, -0.05) is 23.2 Å². The van der Waals surface area contributed by atoms with E-state index in [1.54, 1.807) is 31.6 Å². The molecule has 1 N–H and O–H groups in total. The second kappa shape index (κ2) is 4.72. The summed E-state index contributed by atoms with van der Waals surface area (Å²) in [4.78, 5) is 4.28. The molecular weight excluding hydrogens is 285 g/mol. The topological polar surface area (TPSA) is 50.8 Å². The van der Waals surface area contributed by atoms with Gasteiger partial charge in [-0.05, 0) is 12.1 Å². The lowest BCUT2D eigenvalue weighted by molar-refractivity contribution is 0.415. The van der Waals surface area contributed by atoms with E-state index in [9.17, 15) is 0 Å². The third-order valence-electron chi connectivity index (χ3n) is 2.84. The Morgan fingerprint density at radius 2 is 1.95 bits per heavy atom. The molecule has 4 nitrogen and oxygen atoms in total. The van der Waals surface area contributed by atoms with Gasteiger partial charge in [0.25, 0.3) is 0 Å². The summed E-state index contributed by atoms with van der Waals surface area (Å²) in [5.74, 6) is 0.549. The van der Waals surface area contributed by atoms with Crippen molar-refractivity contribution >= 4 is 34.2 Å². The molecule has 0 amide bonds. The van der Waals surface area contributed by atoms with Crippen molar-refractivity contribution in [2.24, 2.45) is 0 Å². The van der Waals surface area contributed by atoms with Crippen LogP contribution in [0.2, 0.25) is 10.0 Å². The van der Waals surface area contributed by atoms with Crippen LogP contribution in [0.4, 0.5) is 0 Å². The van der Waals surface area contributed by atoms with E-state index >= 15 is 0 Å². The molecule has 2 heterocycles. The predicted molar refractivity (Wildman–Crippen MR) is 75.9 cm³/mol. The molecule has 0 saturated carbocycles. The number of benzene rings is 1. The molecule has 96 valence electrons. The van der Waals surface area contributed by atoms with Crippen molar-refractivity contribution in [1.29, 1.82) is 0 Å². The van der Waals surface area contributed by atoms with Crippen molar-refractivity contribution < 1.29 is 4.74 Å². The number of methoxy groups -OCH3 is 1. The van der Waals surface area contributed by atoms with Gasteiger partial charge in [-0.15, -0.1) is 0 Å². The number of ether oxygens (including phenoxy) is 1. The molecular formula is C13H9Cl2N3O. The highest BCUT2D eigenvalue weighted by Crippen LogP contribution is 2.36. The Kier molecular flexibility index (Phi) is 3.05. The molecule has 0 bridgehead atoms. The van der Waals surface area contributed by atoms with Crippen LogP contribution in [0.1, 0.15) is 0 Å². The average Bonchev–Trinajstić information content (AvgIpc) is 2.88. The molecule has 6 heteroatoms. The molecule has 0 aliphatic carbocycles. The standard InChI is InChI=1S/C13H9Cl2N3O/c1-19-12-4-10(14)9(3-11(12)15)7-2-8-6-17-18-13(8)16-5-7/h2-6H,1H3,(H,16,17,18). The lowest BCUT2D eigenvalue weighted by atomic mass is 10.1. The van der Waals surface area contributed by atoms with Crippen LogP contribution < -0.4 is 4.74 Å². The number of H-pyrrole nitrogens is 1. The van der Waals surface area contributed by atoms with E-state index in [-0.39, 0.29) is 0 Å². The van der Waals surface area contributed by atoms with Crippen LogP contribution in [-0.4, -0.2) is 22.3 Å². The summed E-state index contributed by atoms with van der Waals surface area (Å²) < 4.78 is 5.13. The molecule has 2 aromatic heterocycles. The highest BCUT2D eigenvalue weighted by Gasteiger charge is 2.11. The maximum absolute atomic E-state index is 6.25. The van der Waals surface area contributed by atoms with Gasteiger partial charge in [-0.2, -0.15) is 5.10 Å². The van der Waals surface area contributed by atoms with E-state index in [1.165, 1.54) is 0 Å². The number of pyridine rings is 1. The van der Waals surface area contributed by atoms with Gasteiger partial charge < -0.3 is 4.74 Å². The molecule has 0 aliphatic heterocycles. The lowest BCUT2D eigenvalue weighted by Crippen LogP contribution is -1.88.